The number of nitrogens with zero attached hydrogens (tertiary/aromatic N) is 3. The summed E-state index contributed by atoms with van der Waals surface area (Å²) >= 11 is 0. The molecule has 2 fully saturated rings. The summed E-state index contributed by atoms with van der Waals surface area (Å²) in [5, 5.41) is 6.87. The average Bonchev–Trinajstić information content (AvgIpc) is 3.41. The highest BCUT2D eigenvalue weighted by Gasteiger charge is 2.28. The summed E-state index contributed by atoms with van der Waals surface area (Å²) < 4.78 is 0. The largest absolute Gasteiger partial charge is 0.357 e. The highest BCUT2D eigenvalue weighted by molar-refractivity contribution is 5.79. The molecule has 0 aromatic heterocycles. The molecular weight excluding hydrogens is 334 g/mol. The van der Waals surface area contributed by atoms with Gasteiger partial charge in [-0.1, -0.05) is 24.3 Å². The maximum Gasteiger partial charge on any atom is 0.191 e. The van der Waals surface area contributed by atoms with Crippen molar-refractivity contribution in [3.8, 4) is 0 Å². The Kier molecular flexibility index (Phi) is 7.53. The van der Waals surface area contributed by atoms with Gasteiger partial charge in [-0.2, -0.15) is 0 Å². The summed E-state index contributed by atoms with van der Waals surface area (Å²) in [4.78, 5) is 9.80. The lowest BCUT2D eigenvalue weighted by molar-refractivity contribution is 0.247. The van der Waals surface area contributed by atoms with E-state index in [-0.39, 0.29) is 0 Å². The van der Waals surface area contributed by atoms with E-state index >= 15 is 0 Å². The number of nitrogens with one attached hydrogen (secondary N) is 2. The van der Waals surface area contributed by atoms with E-state index in [1.165, 1.54) is 49.9 Å². The molecule has 150 valence electrons. The number of rotatable bonds is 9. The van der Waals surface area contributed by atoms with Crippen LogP contribution >= 0.6 is 0 Å². The summed E-state index contributed by atoms with van der Waals surface area (Å²) in [6.45, 7) is 10.5. The monoisotopic (exact) mass is 371 g/mol. The Hall–Kier alpha value is -1.59. The van der Waals surface area contributed by atoms with Gasteiger partial charge in [0.15, 0.2) is 5.96 Å². The third-order valence-corrected chi connectivity index (χ3v) is 5.77. The SMILES string of the molecule is CCNC(=NCc1ccc(CN2CCCC2)cc1)NCC(C)N(C)C1CC1. The summed E-state index contributed by atoms with van der Waals surface area (Å²) in [6.07, 6.45) is 5.40. The van der Waals surface area contributed by atoms with Crippen molar-refractivity contribution in [1.29, 1.82) is 0 Å². The van der Waals surface area contributed by atoms with Crippen LogP contribution in [0.25, 0.3) is 0 Å². The Morgan fingerprint density at radius 1 is 1.15 bits per heavy atom. The Balaban J connectivity index is 1.47. The molecule has 5 heteroatoms. The predicted molar refractivity (Wildman–Crippen MR) is 114 cm³/mol. The highest BCUT2D eigenvalue weighted by Crippen LogP contribution is 2.26. The molecule has 0 spiro atoms. The molecular formula is C22H37N5. The van der Waals surface area contributed by atoms with Gasteiger partial charge in [0.1, 0.15) is 0 Å². The van der Waals surface area contributed by atoms with Gasteiger partial charge in [-0.3, -0.25) is 9.80 Å². The van der Waals surface area contributed by atoms with E-state index in [4.69, 9.17) is 4.99 Å². The molecule has 1 saturated heterocycles. The van der Waals surface area contributed by atoms with Crippen LogP contribution in [0, 0.1) is 0 Å². The fraction of sp³-hybridized carbons (Fsp3) is 0.682. The third-order valence-electron chi connectivity index (χ3n) is 5.77. The molecule has 1 aromatic rings. The Labute approximate surface area is 165 Å². The number of hydrogen-bond donors (Lipinski definition) is 2. The molecule has 1 atom stereocenters. The Morgan fingerprint density at radius 2 is 1.81 bits per heavy atom. The lowest BCUT2D eigenvalue weighted by Crippen LogP contribution is -2.45. The quantitative estimate of drug-likeness (QED) is 0.517. The fourth-order valence-electron chi connectivity index (χ4n) is 3.69. The van der Waals surface area contributed by atoms with Gasteiger partial charge in [0.2, 0.25) is 0 Å². The zero-order valence-electron chi connectivity index (χ0n) is 17.4. The minimum atomic E-state index is 0.520. The molecule has 2 aliphatic rings. The van der Waals surface area contributed by atoms with Crippen LogP contribution in [-0.2, 0) is 13.1 Å². The van der Waals surface area contributed by atoms with Crippen molar-refractivity contribution >= 4 is 5.96 Å². The maximum absolute atomic E-state index is 4.77. The van der Waals surface area contributed by atoms with E-state index in [1.807, 2.05) is 0 Å². The van der Waals surface area contributed by atoms with Gasteiger partial charge < -0.3 is 10.6 Å². The lowest BCUT2D eigenvalue weighted by Gasteiger charge is -2.25. The maximum atomic E-state index is 4.77. The molecule has 3 rings (SSSR count). The van der Waals surface area contributed by atoms with Gasteiger partial charge in [0.25, 0.3) is 0 Å². The second kappa shape index (κ2) is 10.1. The molecule has 1 saturated carbocycles. The second-order valence-electron chi connectivity index (χ2n) is 8.12. The normalized spacial score (nSPS) is 19.5. The minimum Gasteiger partial charge on any atom is -0.357 e. The van der Waals surface area contributed by atoms with E-state index < -0.39 is 0 Å². The Bertz CT molecular complexity index is 587. The van der Waals surface area contributed by atoms with Crippen molar-refractivity contribution in [3.63, 3.8) is 0 Å². The average molecular weight is 372 g/mol. The number of guanidine groups is 1. The van der Waals surface area contributed by atoms with Crippen LogP contribution in [0.2, 0.25) is 0 Å². The molecule has 27 heavy (non-hydrogen) atoms. The smallest absolute Gasteiger partial charge is 0.191 e. The van der Waals surface area contributed by atoms with Crippen LogP contribution < -0.4 is 10.6 Å². The zero-order chi connectivity index (χ0) is 19.1. The van der Waals surface area contributed by atoms with Gasteiger partial charge in [0.05, 0.1) is 6.54 Å². The molecule has 1 unspecified atom stereocenters. The van der Waals surface area contributed by atoms with E-state index in [1.54, 1.807) is 0 Å². The van der Waals surface area contributed by atoms with E-state index in [0.29, 0.717) is 12.6 Å². The topological polar surface area (TPSA) is 42.9 Å². The standard InChI is InChI=1S/C22H37N5/c1-4-23-22(24-15-18(2)26(3)21-11-12-21)25-16-19-7-9-20(10-8-19)17-27-13-5-6-14-27/h7-10,18,21H,4-6,11-17H2,1-3H3,(H2,23,24,25). The molecule has 1 aliphatic carbocycles. The van der Waals surface area contributed by atoms with Crippen LogP contribution in [0.3, 0.4) is 0 Å². The van der Waals surface area contributed by atoms with Crippen LogP contribution in [0.4, 0.5) is 0 Å². The van der Waals surface area contributed by atoms with Crippen molar-refractivity contribution in [2.75, 3.05) is 33.2 Å². The van der Waals surface area contributed by atoms with Gasteiger partial charge in [-0.25, -0.2) is 4.99 Å². The van der Waals surface area contributed by atoms with Crippen LogP contribution in [-0.4, -0.2) is 61.1 Å². The molecule has 0 radical (unpaired) electrons. The van der Waals surface area contributed by atoms with Crippen LogP contribution in [0.15, 0.2) is 29.3 Å². The number of benzene rings is 1. The Morgan fingerprint density at radius 3 is 2.44 bits per heavy atom. The molecule has 1 aromatic carbocycles. The van der Waals surface area contributed by atoms with E-state index in [2.05, 4.69) is 65.6 Å². The van der Waals surface area contributed by atoms with E-state index in [9.17, 15) is 0 Å². The fourth-order valence-corrected chi connectivity index (χ4v) is 3.69. The first-order valence-electron chi connectivity index (χ1n) is 10.7. The summed E-state index contributed by atoms with van der Waals surface area (Å²) in [7, 11) is 2.23. The van der Waals surface area contributed by atoms with E-state index in [0.717, 1.165) is 31.6 Å². The van der Waals surface area contributed by atoms with Gasteiger partial charge >= 0.3 is 0 Å². The van der Waals surface area contributed by atoms with Crippen LogP contribution in [0.5, 0.6) is 0 Å². The van der Waals surface area contributed by atoms with Crippen molar-refractivity contribution in [2.24, 2.45) is 4.99 Å². The summed E-state index contributed by atoms with van der Waals surface area (Å²) in [5.41, 5.74) is 2.67. The lowest BCUT2D eigenvalue weighted by atomic mass is 10.1. The molecule has 0 bridgehead atoms. The highest BCUT2D eigenvalue weighted by atomic mass is 15.2. The zero-order valence-corrected chi connectivity index (χ0v) is 17.4. The van der Waals surface area contributed by atoms with Crippen molar-refractivity contribution in [3.05, 3.63) is 35.4 Å². The molecule has 1 aliphatic heterocycles. The minimum absolute atomic E-state index is 0.520. The molecule has 1 heterocycles. The second-order valence-corrected chi connectivity index (χ2v) is 8.12. The first-order valence-corrected chi connectivity index (χ1v) is 10.7. The van der Waals surface area contributed by atoms with Crippen molar-refractivity contribution < 1.29 is 0 Å². The predicted octanol–water partition coefficient (Wildman–Crippen LogP) is 2.82. The number of aliphatic imine (C=N–C) groups is 1. The number of hydrogen-bond acceptors (Lipinski definition) is 3. The summed E-state index contributed by atoms with van der Waals surface area (Å²) in [5.74, 6) is 0.912. The molecule has 5 nitrogen and oxygen atoms in total. The van der Waals surface area contributed by atoms with Crippen molar-refractivity contribution in [1.82, 2.24) is 20.4 Å². The van der Waals surface area contributed by atoms with Crippen LogP contribution in [0.1, 0.15) is 50.7 Å². The van der Waals surface area contributed by atoms with Gasteiger partial charge in [0, 0.05) is 31.7 Å². The summed E-state index contributed by atoms with van der Waals surface area (Å²) in [6, 6.07) is 10.3. The van der Waals surface area contributed by atoms with Crippen molar-refractivity contribution in [2.45, 2.75) is 64.7 Å². The molecule has 0 amide bonds. The third kappa shape index (κ3) is 6.51. The van der Waals surface area contributed by atoms with Gasteiger partial charge in [-0.15, -0.1) is 0 Å². The number of likely N-dealkylation sites (tertiary alicyclic amines) is 1. The molecule has 2 N–H and O–H groups in total. The first kappa shape index (κ1) is 20.2. The number of likely N-dealkylation sites (N-methyl/N-ethyl adjacent to an activating group) is 1. The first-order chi connectivity index (χ1) is 13.2. The van der Waals surface area contributed by atoms with Gasteiger partial charge in [-0.05, 0) is 70.8 Å².